The monoisotopic (exact) mass is 339 g/mol. The van der Waals surface area contributed by atoms with Crippen LogP contribution in [0.5, 0.6) is 5.75 Å². The van der Waals surface area contributed by atoms with Crippen LogP contribution in [0.15, 0.2) is 22.7 Å². The fourth-order valence-corrected chi connectivity index (χ4v) is 3.32. The standard InChI is InChI=1S/C16H22BrNO2/c1-10-7-11(2)12(3)18(9-10)16(19)14-6-5-13(17)8-15(14)20-4/h5-6,8,10-12H,7,9H2,1-4H3. The van der Waals surface area contributed by atoms with E-state index < -0.39 is 0 Å². The van der Waals surface area contributed by atoms with Crippen LogP contribution < -0.4 is 4.74 Å². The van der Waals surface area contributed by atoms with E-state index in [-0.39, 0.29) is 11.9 Å². The average Bonchev–Trinajstić information content (AvgIpc) is 2.41. The quantitative estimate of drug-likeness (QED) is 0.815. The van der Waals surface area contributed by atoms with Crippen LogP contribution in [0.1, 0.15) is 37.6 Å². The molecule has 1 aliphatic heterocycles. The summed E-state index contributed by atoms with van der Waals surface area (Å²) in [6, 6.07) is 5.83. The van der Waals surface area contributed by atoms with Gasteiger partial charge in [0.2, 0.25) is 0 Å². The Morgan fingerprint density at radius 1 is 1.35 bits per heavy atom. The molecule has 1 aromatic rings. The second-order valence-electron chi connectivity index (χ2n) is 5.86. The largest absolute Gasteiger partial charge is 0.496 e. The van der Waals surface area contributed by atoms with E-state index >= 15 is 0 Å². The van der Waals surface area contributed by atoms with Crippen molar-refractivity contribution < 1.29 is 9.53 Å². The average molecular weight is 340 g/mol. The lowest BCUT2D eigenvalue weighted by Crippen LogP contribution is -2.48. The van der Waals surface area contributed by atoms with E-state index in [1.165, 1.54) is 6.42 Å². The molecule has 0 radical (unpaired) electrons. The SMILES string of the molecule is COc1cc(Br)ccc1C(=O)N1CC(C)CC(C)C1C. The van der Waals surface area contributed by atoms with E-state index in [1.807, 2.05) is 23.1 Å². The molecule has 0 spiro atoms. The number of hydrogen-bond acceptors (Lipinski definition) is 2. The highest BCUT2D eigenvalue weighted by atomic mass is 79.9. The molecule has 0 aromatic heterocycles. The van der Waals surface area contributed by atoms with Gasteiger partial charge in [-0.2, -0.15) is 0 Å². The van der Waals surface area contributed by atoms with Crippen molar-refractivity contribution in [2.75, 3.05) is 13.7 Å². The Hall–Kier alpha value is -1.03. The number of hydrogen-bond donors (Lipinski definition) is 0. The molecule has 20 heavy (non-hydrogen) atoms. The molecule has 0 saturated carbocycles. The molecule has 3 atom stereocenters. The number of halogens is 1. The summed E-state index contributed by atoms with van der Waals surface area (Å²) in [4.78, 5) is 14.8. The third kappa shape index (κ3) is 3.00. The van der Waals surface area contributed by atoms with Crippen LogP contribution >= 0.6 is 15.9 Å². The molecule has 1 fully saturated rings. The molecule has 1 heterocycles. The van der Waals surface area contributed by atoms with Gasteiger partial charge < -0.3 is 9.64 Å². The van der Waals surface area contributed by atoms with Crippen LogP contribution in [0.2, 0.25) is 0 Å². The van der Waals surface area contributed by atoms with Gasteiger partial charge in [0.15, 0.2) is 0 Å². The predicted octanol–water partition coefficient (Wildman–Crippen LogP) is 3.96. The summed E-state index contributed by atoms with van der Waals surface area (Å²) in [5, 5.41) is 0. The van der Waals surface area contributed by atoms with Crippen molar-refractivity contribution in [2.24, 2.45) is 11.8 Å². The molecule has 1 aromatic carbocycles. The van der Waals surface area contributed by atoms with Crippen LogP contribution in [0, 0.1) is 11.8 Å². The van der Waals surface area contributed by atoms with Crippen LogP contribution in [-0.4, -0.2) is 30.5 Å². The third-order valence-corrected chi connectivity index (χ3v) is 4.75. The maximum atomic E-state index is 12.8. The Labute approximate surface area is 129 Å². The summed E-state index contributed by atoms with van der Waals surface area (Å²) in [6.45, 7) is 7.39. The first-order valence-corrected chi connectivity index (χ1v) is 7.87. The normalized spacial score (nSPS) is 26.4. The van der Waals surface area contributed by atoms with E-state index in [1.54, 1.807) is 7.11 Å². The number of likely N-dealkylation sites (tertiary alicyclic amines) is 1. The van der Waals surface area contributed by atoms with E-state index in [4.69, 9.17) is 4.74 Å². The zero-order valence-electron chi connectivity index (χ0n) is 12.5. The van der Waals surface area contributed by atoms with Gasteiger partial charge in [0.05, 0.1) is 12.7 Å². The summed E-state index contributed by atoms with van der Waals surface area (Å²) >= 11 is 3.41. The summed E-state index contributed by atoms with van der Waals surface area (Å²) < 4.78 is 6.27. The summed E-state index contributed by atoms with van der Waals surface area (Å²) in [7, 11) is 1.60. The fraction of sp³-hybridized carbons (Fsp3) is 0.562. The highest BCUT2D eigenvalue weighted by molar-refractivity contribution is 9.10. The zero-order chi connectivity index (χ0) is 14.9. The Morgan fingerprint density at radius 3 is 2.70 bits per heavy atom. The van der Waals surface area contributed by atoms with Crippen LogP contribution in [0.4, 0.5) is 0 Å². The van der Waals surface area contributed by atoms with Crippen molar-refractivity contribution in [2.45, 2.75) is 33.2 Å². The van der Waals surface area contributed by atoms with Gasteiger partial charge in [-0.25, -0.2) is 0 Å². The lowest BCUT2D eigenvalue weighted by atomic mass is 9.85. The van der Waals surface area contributed by atoms with Gasteiger partial charge in [0.1, 0.15) is 5.75 Å². The molecule has 110 valence electrons. The van der Waals surface area contributed by atoms with Crippen molar-refractivity contribution in [1.29, 1.82) is 0 Å². The van der Waals surface area contributed by atoms with Gasteiger partial charge in [0, 0.05) is 17.1 Å². The maximum absolute atomic E-state index is 12.8. The number of amides is 1. The molecule has 4 heteroatoms. The number of rotatable bonds is 2. The van der Waals surface area contributed by atoms with Crippen molar-refractivity contribution in [3.05, 3.63) is 28.2 Å². The van der Waals surface area contributed by atoms with E-state index in [0.717, 1.165) is 11.0 Å². The predicted molar refractivity (Wildman–Crippen MR) is 84.1 cm³/mol. The van der Waals surface area contributed by atoms with Gasteiger partial charge >= 0.3 is 0 Å². The highest BCUT2D eigenvalue weighted by Crippen LogP contribution is 2.31. The number of methoxy groups -OCH3 is 1. The van der Waals surface area contributed by atoms with Crippen molar-refractivity contribution in [1.82, 2.24) is 4.90 Å². The molecule has 0 bridgehead atoms. The maximum Gasteiger partial charge on any atom is 0.257 e. The van der Waals surface area contributed by atoms with Gasteiger partial charge in [0.25, 0.3) is 5.91 Å². The second-order valence-corrected chi connectivity index (χ2v) is 6.78. The van der Waals surface area contributed by atoms with Gasteiger partial charge in [-0.3, -0.25) is 4.79 Å². The molecule has 1 aliphatic rings. The second kappa shape index (κ2) is 6.17. The lowest BCUT2D eigenvalue weighted by Gasteiger charge is -2.41. The first-order chi connectivity index (χ1) is 9.43. The lowest BCUT2D eigenvalue weighted by molar-refractivity contribution is 0.0452. The van der Waals surface area contributed by atoms with E-state index in [0.29, 0.717) is 23.1 Å². The van der Waals surface area contributed by atoms with E-state index in [9.17, 15) is 4.79 Å². The smallest absolute Gasteiger partial charge is 0.257 e. The Morgan fingerprint density at radius 2 is 2.05 bits per heavy atom. The minimum atomic E-state index is 0.0697. The van der Waals surface area contributed by atoms with Crippen molar-refractivity contribution in [3.63, 3.8) is 0 Å². The molecular formula is C16H22BrNO2. The van der Waals surface area contributed by atoms with Crippen LogP contribution in [0.3, 0.4) is 0 Å². The van der Waals surface area contributed by atoms with Crippen molar-refractivity contribution >= 4 is 21.8 Å². The Balaban J connectivity index is 2.30. The topological polar surface area (TPSA) is 29.5 Å². The van der Waals surface area contributed by atoms with Gasteiger partial charge in [-0.1, -0.05) is 29.8 Å². The minimum Gasteiger partial charge on any atom is -0.496 e. The third-order valence-electron chi connectivity index (χ3n) is 4.25. The molecule has 3 nitrogen and oxygen atoms in total. The summed E-state index contributed by atoms with van der Waals surface area (Å²) in [5.41, 5.74) is 0.642. The molecule has 3 unspecified atom stereocenters. The molecule has 0 aliphatic carbocycles. The molecule has 1 amide bonds. The van der Waals surface area contributed by atoms with Gasteiger partial charge in [-0.05, 0) is 43.4 Å². The zero-order valence-corrected chi connectivity index (χ0v) is 14.1. The van der Waals surface area contributed by atoms with Crippen LogP contribution in [-0.2, 0) is 0 Å². The number of ether oxygens (including phenoxy) is 1. The molecule has 1 saturated heterocycles. The number of benzene rings is 1. The molecule has 2 rings (SSSR count). The Kier molecular flexibility index (Phi) is 4.74. The summed E-state index contributed by atoms with van der Waals surface area (Å²) in [5.74, 6) is 1.78. The van der Waals surface area contributed by atoms with Crippen LogP contribution in [0.25, 0.3) is 0 Å². The van der Waals surface area contributed by atoms with Gasteiger partial charge in [-0.15, -0.1) is 0 Å². The number of piperidine rings is 1. The van der Waals surface area contributed by atoms with Crippen molar-refractivity contribution in [3.8, 4) is 5.75 Å². The first-order valence-electron chi connectivity index (χ1n) is 7.08. The van der Waals surface area contributed by atoms with E-state index in [2.05, 4.69) is 36.7 Å². The molecular weight excluding hydrogens is 318 g/mol. The highest BCUT2D eigenvalue weighted by Gasteiger charge is 2.33. The summed E-state index contributed by atoms with van der Waals surface area (Å²) in [6.07, 6.45) is 1.18. The first kappa shape index (κ1) is 15.4. The minimum absolute atomic E-state index is 0.0697. The molecule has 0 N–H and O–H groups in total. The fourth-order valence-electron chi connectivity index (χ4n) is 2.98. The number of carbonyl (C=O) groups excluding carboxylic acids is 1. The number of nitrogens with zero attached hydrogens (tertiary/aromatic N) is 1. The number of carbonyl (C=O) groups is 1. The Bertz CT molecular complexity index is 503.